The highest BCUT2D eigenvalue weighted by molar-refractivity contribution is 9.10. The molecule has 0 unspecified atom stereocenters. The van der Waals surface area contributed by atoms with Crippen LogP contribution in [-0.2, 0) is 4.79 Å². The minimum atomic E-state index is -1.08. The number of H-pyrrole nitrogens is 2. The summed E-state index contributed by atoms with van der Waals surface area (Å²) in [6, 6.07) is 10.3. The smallest absolute Gasteiger partial charge is 0.357 e. The van der Waals surface area contributed by atoms with Crippen LogP contribution in [0.25, 0.3) is 12.2 Å². The lowest BCUT2D eigenvalue weighted by Gasteiger charge is -2.11. The molecular weight excluding hydrogens is 496 g/mol. The van der Waals surface area contributed by atoms with Gasteiger partial charge in [0.2, 0.25) is 0 Å². The number of aromatic amines is 2. The zero-order chi connectivity index (χ0) is 24.1. The first-order valence-electron chi connectivity index (χ1n) is 9.62. The topological polar surface area (TPSA) is 147 Å². The van der Waals surface area contributed by atoms with E-state index in [4.69, 9.17) is 4.74 Å². The zero-order valence-corrected chi connectivity index (χ0v) is 19.2. The Morgan fingerprint density at radius 3 is 2.45 bits per heavy atom. The van der Waals surface area contributed by atoms with Crippen LogP contribution >= 0.6 is 15.9 Å². The van der Waals surface area contributed by atoms with Crippen molar-refractivity contribution in [2.45, 2.75) is 13.8 Å². The van der Waals surface area contributed by atoms with Crippen LogP contribution in [0.15, 0.2) is 50.5 Å². The van der Waals surface area contributed by atoms with Crippen LogP contribution in [0.3, 0.4) is 0 Å². The number of benzene rings is 2. The minimum absolute atomic E-state index is 0.200. The number of anilines is 1. The Hall–Kier alpha value is -3.99. The van der Waals surface area contributed by atoms with Crippen LogP contribution in [0.4, 0.5) is 11.4 Å². The lowest BCUT2D eigenvalue weighted by Crippen LogP contribution is -2.25. The summed E-state index contributed by atoms with van der Waals surface area (Å²) in [5, 5.41) is 13.9. The first-order valence-corrected chi connectivity index (χ1v) is 10.4. The molecule has 0 spiro atoms. The number of nitrogens with one attached hydrogen (secondary N) is 3. The zero-order valence-electron chi connectivity index (χ0n) is 17.6. The molecule has 170 valence electrons. The number of hydrogen-bond donors (Lipinski definition) is 3. The van der Waals surface area contributed by atoms with Crippen molar-refractivity contribution in [3.63, 3.8) is 0 Å². The molecule has 0 bridgehead atoms. The van der Waals surface area contributed by atoms with Crippen LogP contribution < -0.4 is 21.3 Å². The largest absolute Gasteiger partial charge is 0.484 e. The monoisotopic (exact) mass is 514 g/mol. The van der Waals surface area contributed by atoms with Gasteiger partial charge in [-0.15, -0.1) is 0 Å². The van der Waals surface area contributed by atoms with Crippen LogP contribution in [0.1, 0.15) is 22.4 Å². The van der Waals surface area contributed by atoms with Crippen LogP contribution in [0.2, 0.25) is 0 Å². The molecule has 0 radical (unpaired) electrons. The second kappa shape index (κ2) is 10.1. The van der Waals surface area contributed by atoms with Gasteiger partial charge in [-0.3, -0.25) is 24.7 Å². The maximum Gasteiger partial charge on any atom is 0.357 e. The Balaban J connectivity index is 1.64. The maximum atomic E-state index is 12.2. The molecule has 0 aliphatic rings. The van der Waals surface area contributed by atoms with Crippen LogP contribution in [0, 0.1) is 24.0 Å². The van der Waals surface area contributed by atoms with E-state index < -0.39 is 21.9 Å². The molecule has 11 heteroatoms. The van der Waals surface area contributed by atoms with E-state index in [2.05, 4.69) is 26.2 Å². The summed E-state index contributed by atoms with van der Waals surface area (Å²) in [5.74, 6) is 0.116. The van der Waals surface area contributed by atoms with Crippen molar-refractivity contribution in [3.8, 4) is 5.75 Å². The van der Waals surface area contributed by atoms with Gasteiger partial charge in [0.05, 0.1) is 10.6 Å². The van der Waals surface area contributed by atoms with Gasteiger partial charge in [-0.05, 0) is 76.8 Å². The lowest BCUT2D eigenvalue weighted by atomic mass is 10.1. The fraction of sp³-hybridized carbons (Fsp3) is 0.136. The predicted molar refractivity (Wildman–Crippen MR) is 127 cm³/mol. The second-order valence-corrected chi connectivity index (χ2v) is 7.94. The molecule has 0 aliphatic carbocycles. The highest BCUT2D eigenvalue weighted by atomic mass is 79.9. The molecule has 2 aromatic carbocycles. The van der Waals surface area contributed by atoms with Gasteiger partial charge in [0, 0.05) is 4.47 Å². The number of ether oxygens (including phenoxy) is 1. The molecule has 0 saturated carbocycles. The van der Waals surface area contributed by atoms with Crippen molar-refractivity contribution in [2.75, 3.05) is 11.9 Å². The minimum Gasteiger partial charge on any atom is -0.484 e. The Kier molecular flexibility index (Phi) is 7.23. The van der Waals surface area contributed by atoms with Gasteiger partial charge >= 0.3 is 16.9 Å². The van der Waals surface area contributed by atoms with Crippen molar-refractivity contribution >= 4 is 45.4 Å². The van der Waals surface area contributed by atoms with E-state index in [1.807, 2.05) is 31.0 Å². The van der Waals surface area contributed by atoms with Crippen molar-refractivity contribution in [1.82, 2.24) is 9.97 Å². The highest BCUT2D eigenvalue weighted by Crippen LogP contribution is 2.26. The molecule has 1 amide bonds. The number of amides is 1. The quantitative estimate of drug-likeness (QED) is 0.324. The molecule has 0 saturated heterocycles. The van der Waals surface area contributed by atoms with Crippen LogP contribution in [-0.4, -0.2) is 27.4 Å². The number of rotatable bonds is 7. The fourth-order valence-electron chi connectivity index (χ4n) is 2.87. The number of aromatic nitrogens is 2. The summed E-state index contributed by atoms with van der Waals surface area (Å²) < 4.78 is 6.28. The molecule has 3 N–H and O–H groups in total. The number of hydrogen-bond acceptors (Lipinski definition) is 6. The molecule has 3 rings (SSSR count). The Labute approximate surface area is 195 Å². The van der Waals surface area contributed by atoms with Gasteiger partial charge in [0.15, 0.2) is 6.61 Å². The Morgan fingerprint density at radius 1 is 1.12 bits per heavy atom. The summed E-state index contributed by atoms with van der Waals surface area (Å²) in [6.07, 6.45) is 2.75. The third-order valence-corrected chi connectivity index (χ3v) is 5.33. The molecule has 10 nitrogen and oxygen atoms in total. The SMILES string of the molecule is Cc1cc(Br)c(NC(=O)COc2ccc(/C=C/c3[nH]c(=O)[nH]c(=O)c3[N+](=O)[O-])cc2)cc1C. The summed E-state index contributed by atoms with van der Waals surface area (Å²) in [6.45, 7) is 3.73. The first-order chi connectivity index (χ1) is 15.6. The van der Waals surface area contributed by atoms with Gasteiger partial charge in [0.1, 0.15) is 11.4 Å². The maximum absolute atomic E-state index is 12.2. The van der Waals surface area contributed by atoms with E-state index in [-0.39, 0.29) is 18.2 Å². The van der Waals surface area contributed by atoms with E-state index in [1.165, 1.54) is 12.2 Å². The van der Waals surface area contributed by atoms with E-state index >= 15 is 0 Å². The molecule has 0 aliphatic heterocycles. The van der Waals surface area contributed by atoms with Crippen molar-refractivity contribution in [3.05, 3.63) is 94.2 Å². The molecule has 33 heavy (non-hydrogen) atoms. The molecule has 1 heterocycles. The van der Waals surface area contributed by atoms with Crippen LogP contribution in [0.5, 0.6) is 5.75 Å². The summed E-state index contributed by atoms with van der Waals surface area (Å²) in [7, 11) is 0. The summed E-state index contributed by atoms with van der Waals surface area (Å²) >= 11 is 3.43. The van der Waals surface area contributed by atoms with Crippen molar-refractivity contribution in [1.29, 1.82) is 0 Å². The molecule has 3 aromatic rings. The average molecular weight is 515 g/mol. The molecule has 0 fully saturated rings. The van der Waals surface area contributed by atoms with Gasteiger partial charge < -0.3 is 15.0 Å². The number of carbonyl (C=O) groups excluding carboxylic acids is 1. The number of carbonyl (C=O) groups is 1. The van der Waals surface area contributed by atoms with Crippen molar-refractivity contribution < 1.29 is 14.5 Å². The number of halogens is 1. The van der Waals surface area contributed by atoms with E-state index in [1.54, 1.807) is 24.3 Å². The van der Waals surface area contributed by atoms with E-state index in [0.717, 1.165) is 15.6 Å². The first kappa shape index (κ1) is 23.7. The molecular formula is C22H19BrN4O6. The Bertz CT molecular complexity index is 1360. The average Bonchev–Trinajstić information content (AvgIpc) is 2.74. The number of nitro groups is 1. The van der Waals surface area contributed by atoms with E-state index in [9.17, 15) is 24.5 Å². The van der Waals surface area contributed by atoms with Gasteiger partial charge in [0.25, 0.3) is 5.91 Å². The fourth-order valence-corrected chi connectivity index (χ4v) is 3.42. The second-order valence-electron chi connectivity index (χ2n) is 7.08. The lowest BCUT2D eigenvalue weighted by molar-refractivity contribution is -0.386. The predicted octanol–water partition coefficient (Wildman–Crippen LogP) is 3.54. The summed E-state index contributed by atoms with van der Waals surface area (Å²) in [5.41, 5.74) is 0.520. The third kappa shape index (κ3) is 6.04. The van der Waals surface area contributed by atoms with Gasteiger partial charge in [-0.1, -0.05) is 18.2 Å². The third-order valence-electron chi connectivity index (χ3n) is 4.68. The van der Waals surface area contributed by atoms with Gasteiger partial charge in [-0.25, -0.2) is 4.79 Å². The Morgan fingerprint density at radius 2 is 1.79 bits per heavy atom. The summed E-state index contributed by atoms with van der Waals surface area (Å²) in [4.78, 5) is 49.5. The van der Waals surface area contributed by atoms with E-state index in [0.29, 0.717) is 17.0 Å². The molecule has 1 aromatic heterocycles. The number of aryl methyl sites for hydroxylation is 2. The van der Waals surface area contributed by atoms with Gasteiger partial charge in [-0.2, -0.15) is 0 Å². The highest BCUT2D eigenvalue weighted by Gasteiger charge is 2.18. The standard InChI is InChI=1S/C22H19BrN4O6/c1-12-9-16(23)18(10-13(12)2)24-19(28)11-33-15-6-3-14(4-7-15)5-8-17-20(27(31)32)21(29)26-22(30)25-17/h3-10H,11H2,1-2H3,(H,24,28)(H2,25,26,29,30)/b8-5+. The van der Waals surface area contributed by atoms with Crippen molar-refractivity contribution in [2.24, 2.45) is 0 Å². The molecule has 0 atom stereocenters. The number of nitrogens with zero attached hydrogens (tertiary/aromatic N) is 1. The normalized spacial score (nSPS) is 10.9.